The molecule has 1 aliphatic heterocycles. The number of fused-ring (bicyclic) bond motifs is 1. The Morgan fingerprint density at radius 1 is 1.39 bits per heavy atom. The largest absolute Gasteiger partial charge is 0.368 e. The van der Waals surface area contributed by atoms with Crippen LogP contribution in [0.5, 0.6) is 0 Å². The highest BCUT2D eigenvalue weighted by Crippen LogP contribution is 2.22. The first kappa shape index (κ1) is 11.3. The summed E-state index contributed by atoms with van der Waals surface area (Å²) in [6, 6.07) is 11.1. The van der Waals surface area contributed by atoms with E-state index in [0.29, 0.717) is 6.04 Å². The van der Waals surface area contributed by atoms with Gasteiger partial charge in [-0.15, -0.1) is 0 Å². The average Bonchev–Trinajstić information content (AvgIpc) is 2.82. The van der Waals surface area contributed by atoms with Crippen LogP contribution >= 0.6 is 0 Å². The van der Waals surface area contributed by atoms with E-state index in [-0.39, 0.29) is 0 Å². The molecule has 0 fully saturated rings. The molecule has 0 amide bonds. The van der Waals surface area contributed by atoms with E-state index in [4.69, 9.17) is 0 Å². The van der Waals surface area contributed by atoms with E-state index < -0.39 is 0 Å². The number of benzene rings is 1. The molecule has 0 spiro atoms. The zero-order valence-corrected chi connectivity index (χ0v) is 10.6. The van der Waals surface area contributed by atoms with Crippen LogP contribution in [0.2, 0.25) is 0 Å². The van der Waals surface area contributed by atoms with Gasteiger partial charge in [0.15, 0.2) is 0 Å². The van der Waals surface area contributed by atoms with Crippen molar-refractivity contribution in [1.82, 2.24) is 15.1 Å². The summed E-state index contributed by atoms with van der Waals surface area (Å²) in [7, 11) is 1.95. The van der Waals surface area contributed by atoms with Crippen LogP contribution in [0.1, 0.15) is 17.2 Å². The van der Waals surface area contributed by atoms with Gasteiger partial charge in [0.2, 0.25) is 0 Å². The maximum atomic E-state index is 4.16. The van der Waals surface area contributed by atoms with Gasteiger partial charge in [-0.1, -0.05) is 24.3 Å². The topological polar surface area (TPSA) is 41.9 Å². The lowest BCUT2D eigenvalue weighted by Gasteiger charge is -2.27. The number of nitrogens with zero attached hydrogens (tertiary/aromatic N) is 2. The summed E-state index contributed by atoms with van der Waals surface area (Å²) >= 11 is 0. The van der Waals surface area contributed by atoms with Crippen LogP contribution in [0.3, 0.4) is 0 Å². The van der Waals surface area contributed by atoms with Crippen LogP contribution in [0.25, 0.3) is 0 Å². The molecule has 4 nitrogen and oxygen atoms in total. The van der Waals surface area contributed by atoms with Crippen LogP contribution < -0.4 is 10.6 Å². The second-order valence-corrected chi connectivity index (χ2v) is 4.68. The van der Waals surface area contributed by atoms with Gasteiger partial charge in [-0.05, 0) is 24.1 Å². The third-order valence-electron chi connectivity index (χ3n) is 3.52. The molecule has 94 valence electrons. The maximum absolute atomic E-state index is 4.16. The Bertz CT molecular complexity index is 532. The third kappa shape index (κ3) is 2.11. The van der Waals surface area contributed by atoms with Crippen molar-refractivity contribution >= 4 is 5.82 Å². The minimum Gasteiger partial charge on any atom is -0.368 e. The quantitative estimate of drug-likeness (QED) is 0.861. The lowest BCUT2D eigenvalue weighted by molar-refractivity contribution is 0.522. The molecule has 18 heavy (non-hydrogen) atoms. The van der Waals surface area contributed by atoms with Crippen LogP contribution in [-0.4, -0.2) is 22.9 Å². The van der Waals surface area contributed by atoms with Gasteiger partial charge in [0.1, 0.15) is 5.82 Å². The van der Waals surface area contributed by atoms with Gasteiger partial charge in [-0.25, -0.2) is 0 Å². The summed E-state index contributed by atoms with van der Waals surface area (Å²) < 4.78 is 1.86. The van der Waals surface area contributed by atoms with E-state index in [1.807, 2.05) is 24.0 Å². The van der Waals surface area contributed by atoms with Crippen molar-refractivity contribution in [2.24, 2.45) is 7.05 Å². The molecule has 2 N–H and O–H groups in total. The Kier molecular flexibility index (Phi) is 3.02. The summed E-state index contributed by atoms with van der Waals surface area (Å²) in [5, 5.41) is 11.2. The molecule has 2 aromatic rings. The normalized spacial score (nSPS) is 18.4. The number of hydrogen-bond donors (Lipinski definition) is 2. The van der Waals surface area contributed by atoms with Crippen molar-refractivity contribution in [2.75, 3.05) is 18.4 Å². The molecule has 1 aliphatic rings. The van der Waals surface area contributed by atoms with Crippen LogP contribution in [0.4, 0.5) is 5.82 Å². The average molecular weight is 242 g/mol. The predicted molar refractivity (Wildman–Crippen MR) is 72.6 cm³/mol. The molecule has 1 aromatic carbocycles. The molecule has 0 saturated carbocycles. The first-order valence-corrected chi connectivity index (χ1v) is 6.37. The smallest absolute Gasteiger partial charge is 0.123 e. The van der Waals surface area contributed by atoms with Gasteiger partial charge in [0.25, 0.3) is 0 Å². The number of hydrogen-bond acceptors (Lipinski definition) is 3. The van der Waals surface area contributed by atoms with E-state index in [1.54, 1.807) is 0 Å². The van der Waals surface area contributed by atoms with E-state index in [1.165, 1.54) is 11.1 Å². The Hall–Kier alpha value is -1.81. The first-order valence-electron chi connectivity index (χ1n) is 6.37. The second-order valence-electron chi connectivity index (χ2n) is 4.68. The fraction of sp³-hybridized carbons (Fsp3) is 0.357. The Morgan fingerprint density at radius 3 is 3.11 bits per heavy atom. The summed E-state index contributed by atoms with van der Waals surface area (Å²) in [4.78, 5) is 0. The Labute approximate surface area is 107 Å². The van der Waals surface area contributed by atoms with E-state index in [2.05, 4.69) is 40.0 Å². The van der Waals surface area contributed by atoms with Crippen LogP contribution in [-0.2, 0) is 13.5 Å². The zero-order chi connectivity index (χ0) is 12.4. The monoisotopic (exact) mass is 242 g/mol. The number of aromatic nitrogens is 2. The third-order valence-corrected chi connectivity index (χ3v) is 3.52. The van der Waals surface area contributed by atoms with E-state index >= 15 is 0 Å². The predicted octanol–water partition coefficient (Wildman–Crippen LogP) is 1.72. The minimum atomic E-state index is 0.379. The fourth-order valence-electron chi connectivity index (χ4n) is 2.53. The molecule has 0 saturated heterocycles. The molecule has 1 unspecified atom stereocenters. The van der Waals surface area contributed by atoms with Gasteiger partial charge < -0.3 is 10.6 Å². The molecule has 2 heterocycles. The summed E-state index contributed by atoms with van der Waals surface area (Å²) in [5.74, 6) is 1.06. The standard InChI is InChI=1S/C14H18N4/c1-18-14(7-9-17-18)16-10-13-12-5-3-2-4-11(12)6-8-15-13/h2-5,7,9,13,15-16H,6,8,10H2,1H3. The zero-order valence-electron chi connectivity index (χ0n) is 10.6. The molecule has 0 radical (unpaired) electrons. The molecule has 0 bridgehead atoms. The molecular formula is C14H18N4. The van der Waals surface area contributed by atoms with Gasteiger partial charge in [0, 0.05) is 25.7 Å². The fourth-order valence-corrected chi connectivity index (χ4v) is 2.53. The number of anilines is 1. The minimum absolute atomic E-state index is 0.379. The second kappa shape index (κ2) is 4.82. The van der Waals surface area contributed by atoms with Crippen molar-refractivity contribution in [3.63, 3.8) is 0 Å². The van der Waals surface area contributed by atoms with Crippen molar-refractivity contribution < 1.29 is 0 Å². The van der Waals surface area contributed by atoms with Gasteiger partial charge in [-0.2, -0.15) is 5.10 Å². The number of rotatable bonds is 3. The molecule has 3 rings (SSSR count). The van der Waals surface area contributed by atoms with Crippen molar-refractivity contribution in [3.05, 3.63) is 47.7 Å². The van der Waals surface area contributed by atoms with E-state index in [0.717, 1.165) is 25.3 Å². The van der Waals surface area contributed by atoms with Crippen LogP contribution in [0, 0.1) is 0 Å². The van der Waals surface area contributed by atoms with Crippen molar-refractivity contribution in [2.45, 2.75) is 12.5 Å². The lowest BCUT2D eigenvalue weighted by Crippen LogP contribution is -2.34. The maximum Gasteiger partial charge on any atom is 0.123 e. The van der Waals surface area contributed by atoms with Gasteiger partial charge >= 0.3 is 0 Å². The molecule has 0 aliphatic carbocycles. The summed E-state index contributed by atoms with van der Waals surface area (Å²) in [6.07, 6.45) is 2.93. The molecule has 1 atom stereocenters. The van der Waals surface area contributed by atoms with Gasteiger partial charge in [-0.3, -0.25) is 4.68 Å². The summed E-state index contributed by atoms with van der Waals surface area (Å²) in [6.45, 7) is 1.94. The summed E-state index contributed by atoms with van der Waals surface area (Å²) in [5.41, 5.74) is 2.88. The first-order chi connectivity index (χ1) is 8.84. The number of aryl methyl sites for hydroxylation is 1. The Morgan fingerprint density at radius 2 is 2.28 bits per heavy atom. The molecule has 4 heteroatoms. The van der Waals surface area contributed by atoms with E-state index in [9.17, 15) is 0 Å². The van der Waals surface area contributed by atoms with Crippen molar-refractivity contribution in [1.29, 1.82) is 0 Å². The van der Waals surface area contributed by atoms with Crippen LogP contribution in [0.15, 0.2) is 36.5 Å². The molecular weight excluding hydrogens is 224 g/mol. The number of nitrogens with one attached hydrogen (secondary N) is 2. The lowest BCUT2D eigenvalue weighted by atomic mass is 9.94. The highest BCUT2D eigenvalue weighted by Gasteiger charge is 2.18. The molecule has 1 aromatic heterocycles. The van der Waals surface area contributed by atoms with Gasteiger partial charge in [0.05, 0.1) is 6.20 Å². The Balaban J connectivity index is 1.73. The SMILES string of the molecule is Cn1nccc1NCC1NCCc2ccccc21. The highest BCUT2D eigenvalue weighted by molar-refractivity contribution is 5.37. The highest BCUT2D eigenvalue weighted by atomic mass is 15.3. The van der Waals surface area contributed by atoms with Crippen molar-refractivity contribution in [3.8, 4) is 0 Å².